The molecule has 5 heteroatoms. The Morgan fingerprint density at radius 2 is 1.79 bits per heavy atom. The summed E-state index contributed by atoms with van der Waals surface area (Å²) in [7, 11) is 3.61. The summed E-state index contributed by atoms with van der Waals surface area (Å²) >= 11 is 0. The van der Waals surface area contributed by atoms with Crippen molar-refractivity contribution in [3.63, 3.8) is 0 Å². The quantitative estimate of drug-likeness (QED) is 0.822. The Morgan fingerprint density at radius 3 is 2.37 bits per heavy atom. The third-order valence-electron chi connectivity index (χ3n) is 2.98. The molecular weight excluding hydrogens is 253 g/mol. The predicted octanol–water partition coefficient (Wildman–Crippen LogP) is 2.83. The predicted molar refractivity (Wildman–Crippen MR) is 71.1 cm³/mol. The van der Waals surface area contributed by atoms with Crippen LogP contribution in [-0.2, 0) is 13.0 Å². The molecule has 0 saturated heterocycles. The molecule has 1 aromatic rings. The number of halogens is 3. The van der Waals surface area contributed by atoms with Gasteiger partial charge in [-0.25, -0.2) is 0 Å². The second kappa shape index (κ2) is 7.50. The van der Waals surface area contributed by atoms with Crippen LogP contribution in [0.4, 0.5) is 13.2 Å². The van der Waals surface area contributed by atoms with Crippen molar-refractivity contribution in [3.8, 4) is 0 Å². The maximum absolute atomic E-state index is 12.2. The molecule has 0 unspecified atom stereocenters. The first-order chi connectivity index (χ1) is 8.92. The van der Waals surface area contributed by atoms with Crippen molar-refractivity contribution in [1.29, 1.82) is 0 Å². The van der Waals surface area contributed by atoms with E-state index in [1.807, 2.05) is 31.3 Å². The van der Waals surface area contributed by atoms with E-state index >= 15 is 0 Å². The summed E-state index contributed by atoms with van der Waals surface area (Å²) < 4.78 is 36.5. The Hall–Kier alpha value is -1.07. The molecule has 19 heavy (non-hydrogen) atoms. The van der Waals surface area contributed by atoms with Gasteiger partial charge in [-0.3, -0.25) is 0 Å². The molecule has 0 atom stereocenters. The number of likely N-dealkylation sites (N-methyl/N-ethyl adjacent to an activating group) is 1. The van der Waals surface area contributed by atoms with Crippen LogP contribution < -0.4 is 5.32 Å². The third kappa shape index (κ3) is 6.59. The average molecular weight is 274 g/mol. The van der Waals surface area contributed by atoms with Crippen LogP contribution in [0.1, 0.15) is 17.5 Å². The van der Waals surface area contributed by atoms with Crippen molar-refractivity contribution in [2.75, 3.05) is 27.2 Å². The van der Waals surface area contributed by atoms with Gasteiger partial charge in [0.05, 0.1) is 6.42 Å². The van der Waals surface area contributed by atoms with E-state index in [0.717, 1.165) is 18.5 Å². The lowest BCUT2D eigenvalue weighted by atomic mass is 10.0. The van der Waals surface area contributed by atoms with Gasteiger partial charge in [0, 0.05) is 13.1 Å². The summed E-state index contributed by atoms with van der Waals surface area (Å²) in [6, 6.07) is 7.90. The lowest BCUT2D eigenvalue weighted by Gasteiger charge is -2.19. The van der Waals surface area contributed by atoms with Crippen molar-refractivity contribution in [2.24, 2.45) is 0 Å². The Kier molecular flexibility index (Phi) is 6.31. The first kappa shape index (κ1) is 16.0. The van der Waals surface area contributed by atoms with Gasteiger partial charge >= 0.3 is 6.18 Å². The molecule has 0 spiro atoms. The van der Waals surface area contributed by atoms with E-state index in [1.165, 1.54) is 5.56 Å². The summed E-state index contributed by atoms with van der Waals surface area (Å²) in [6.45, 7) is 1.45. The summed E-state index contributed by atoms with van der Waals surface area (Å²) in [4.78, 5) is 1.71. The molecule has 1 aromatic carbocycles. The Bertz CT molecular complexity index is 377. The summed E-state index contributed by atoms with van der Waals surface area (Å²) in [6.07, 6.45) is -3.96. The highest BCUT2D eigenvalue weighted by molar-refractivity contribution is 5.27. The van der Waals surface area contributed by atoms with Crippen molar-refractivity contribution < 1.29 is 13.2 Å². The van der Waals surface area contributed by atoms with Gasteiger partial charge in [-0.1, -0.05) is 24.3 Å². The monoisotopic (exact) mass is 274 g/mol. The van der Waals surface area contributed by atoms with Crippen molar-refractivity contribution >= 4 is 0 Å². The van der Waals surface area contributed by atoms with Gasteiger partial charge in [-0.15, -0.1) is 0 Å². The van der Waals surface area contributed by atoms with E-state index in [2.05, 4.69) is 5.32 Å². The van der Waals surface area contributed by atoms with Crippen molar-refractivity contribution in [2.45, 2.75) is 25.6 Å². The zero-order chi connectivity index (χ0) is 14.3. The van der Waals surface area contributed by atoms with Gasteiger partial charge in [0.2, 0.25) is 0 Å². The standard InChI is InChI=1S/C14H21F3N2/c1-18-9-7-12-5-3-4-6-13(12)11-19(2)10-8-14(15,16)17/h3-6,18H,7-11H2,1-2H3. The largest absolute Gasteiger partial charge is 0.390 e. The van der Waals surface area contributed by atoms with Crippen LogP contribution in [-0.4, -0.2) is 38.3 Å². The minimum Gasteiger partial charge on any atom is -0.319 e. The fourth-order valence-electron chi connectivity index (χ4n) is 1.90. The van der Waals surface area contributed by atoms with Crippen molar-refractivity contribution in [1.82, 2.24) is 10.2 Å². The maximum atomic E-state index is 12.2. The number of benzene rings is 1. The van der Waals surface area contributed by atoms with E-state index in [4.69, 9.17) is 0 Å². The minimum absolute atomic E-state index is 0.0316. The van der Waals surface area contributed by atoms with Crippen molar-refractivity contribution in [3.05, 3.63) is 35.4 Å². The smallest absolute Gasteiger partial charge is 0.319 e. The summed E-state index contributed by atoms with van der Waals surface area (Å²) in [5.74, 6) is 0. The molecule has 1 N–H and O–H groups in total. The SMILES string of the molecule is CNCCc1ccccc1CN(C)CCC(F)(F)F. The molecule has 1 rings (SSSR count). The number of alkyl halides is 3. The highest BCUT2D eigenvalue weighted by atomic mass is 19.4. The molecule has 0 heterocycles. The fraction of sp³-hybridized carbons (Fsp3) is 0.571. The molecule has 0 aliphatic heterocycles. The van der Waals surface area contributed by atoms with E-state index in [-0.39, 0.29) is 6.54 Å². The van der Waals surface area contributed by atoms with E-state index in [1.54, 1.807) is 11.9 Å². The molecule has 0 radical (unpaired) electrons. The number of nitrogens with zero attached hydrogens (tertiary/aromatic N) is 1. The number of hydrogen-bond acceptors (Lipinski definition) is 2. The van der Waals surface area contributed by atoms with Crippen LogP contribution in [0.25, 0.3) is 0 Å². The second-order valence-electron chi connectivity index (χ2n) is 4.73. The molecule has 0 saturated carbocycles. The number of hydrogen-bond donors (Lipinski definition) is 1. The van der Waals surface area contributed by atoms with E-state index in [0.29, 0.717) is 6.54 Å². The minimum atomic E-state index is -4.08. The lowest BCUT2D eigenvalue weighted by molar-refractivity contribution is -0.137. The first-order valence-electron chi connectivity index (χ1n) is 6.39. The summed E-state index contributed by atoms with van der Waals surface area (Å²) in [5.41, 5.74) is 2.29. The Labute approximate surface area is 112 Å². The molecule has 108 valence electrons. The van der Waals surface area contributed by atoms with Crippen LogP contribution >= 0.6 is 0 Å². The zero-order valence-electron chi connectivity index (χ0n) is 11.4. The molecule has 0 aliphatic carbocycles. The lowest BCUT2D eigenvalue weighted by Crippen LogP contribution is -2.24. The second-order valence-corrected chi connectivity index (χ2v) is 4.73. The van der Waals surface area contributed by atoms with Gasteiger partial charge in [0.15, 0.2) is 0 Å². The van der Waals surface area contributed by atoms with Gasteiger partial charge in [0.1, 0.15) is 0 Å². The van der Waals surface area contributed by atoms with E-state index < -0.39 is 12.6 Å². The van der Waals surface area contributed by atoms with Crippen LogP contribution in [0, 0.1) is 0 Å². The fourth-order valence-corrected chi connectivity index (χ4v) is 1.90. The highest BCUT2D eigenvalue weighted by Crippen LogP contribution is 2.20. The highest BCUT2D eigenvalue weighted by Gasteiger charge is 2.27. The zero-order valence-corrected chi connectivity index (χ0v) is 11.4. The number of rotatable bonds is 7. The average Bonchev–Trinajstić information content (AvgIpc) is 2.34. The third-order valence-corrected chi connectivity index (χ3v) is 2.98. The molecule has 0 aromatic heterocycles. The topological polar surface area (TPSA) is 15.3 Å². The number of nitrogens with one attached hydrogen (secondary N) is 1. The molecule has 0 bridgehead atoms. The van der Waals surface area contributed by atoms with E-state index in [9.17, 15) is 13.2 Å². The maximum Gasteiger partial charge on any atom is 0.390 e. The normalized spacial score (nSPS) is 12.1. The van der Waals surface area contributed by atoms with Gasteiger partial charge in [-0.2, -0.15) is 13.2 Å². The molecular formula is C14H21F3N2. The van der Waals surface area contributed by atoms with Crippen LogP contribution in [0.5, 0.6) is 0 Å². The Morgan fingerprint density at radius 1 is 1.16 bits per heavy atom. The first-order valence-corrected chi connectivity index (χ1v) is 6.39. The van der Waals surface area contributed by atoms with Crippen LogP contribution in [0.2, 0.25) is 0 Å². The van der Waals surface area contributed by atoms with Gasteiger partial charge < -0.3 is 10.2 Å². The molecule has 2 nitrogen and oxygen atoms in total. The molecule has 0 fully saturated rings. The molecule has 0 aliphatic rings. The van der Waals surface area contributed by atoms with Crippen LogP contribution in [0.15, 0.2) is 24.3 Å². The summed E-state index contributed by atoms with van der Waals surface area (Å²) in [5, 5.41) is 3.08. The van der Waals surface area contributed by atoms with Gasteiger partial charge in [0.25, 0.3) is 0 Å². The van der Waals surface area contributed by atoms with Gasteiger partial charge in [-0.05, 0) is 38.2 Å². The molecule has 0 amide bonds. The van der Waals surface area contributed by atoms with Crippen LogP contribution in [0.3, 0.4) is 0 Å². The Balaban J connectivity index is 2.55.